The highest BCUT2D eigenvalue weighted by atomic mass is 32.2. The fraction of sp³-hybridized carbons (Fsp3) is 0.193. The van der Waals surface area contributed by atoms with Crippen LogP contribution in [-0.2, 0) is 38.1 Å². The second-order valence-electron chi connectivity index (χ2n) is 27.0. The summed E-state index contributed by atoms with van der Waals surface area (Å²) in [6.45, 7) is 12.7. The number of amides is 4. The molecule has 0 aliphatic heterocycles. The fourth-order valence-corrected chi connectivity index (χ4v) is 15.1. The van der Waals surface area contributed by atoms with Crippen LogP contribution >= 0.6 is 23.5 Å². The summed E-state index contributed by atoms with van der Waals surface area (Å²) in [6.07, 6.45) is -1.38. The molecule has 17 nitrogen and oxygen atoms in total. The first-order valence-electron chi connectivity index (χ1n) is 35.1. The average molecular weight is 1470 g/mol. The predicted molar refractivity (Wildman–Crippen MR) is 442 cm³/mol. The van der Waals surface area contributed by atoms with E-state index in [-0.39, 0.29) is 17.6 Å². The van der Waals surface area contributed by atoms with Gasteiger partial charge in [-0.1, -0.05) is 262 Å². The average Bonchev–Trinajstić information content (AvgIpc) is 0.758. The molecule has 0 unspecified atom stereocenters. The van der Waals surface area contributed by atoms with Crippen LogP contribution in [0.25, 0.3) is 32.3 Å². The van der Waals surface area contributed by atoms with E-state index in [4.69, 9.17) is 38.1 Å². The summed E-state index contributed by atoms with van der Waals surface area (Å²) < 4.78 is 13.9. The zero-order valence-corrected chi connectivity index (χ0v) is 62.7. The molecule has 107 heavy (non-hydrogen) atoms. The summed E-state index contributed by atoms with van der Waals surface area (Å²) in [5.74, 6) is 0.0699. The Morgan fingerprint density at radius 2 is 0.654 bits per heavy atom. The van der Waals surface area contributed by atoms with Crippen molar-refractivity contribution in [2.45, 2.75) is 93.9 Å². The van der Waals surface area contributed by atoms with Gasteiger partial charge in [-0.05, 0) is 111 Å². The molecule has 4 amide bonds. The Labute approximate surface area is 634 Å². The fourth-order valence-electron chi connectivity index (χ4n) is 12.1. The monoisotopic (exact) mass is 1470 g/mol. The lowest BCUT2D eigenvalue weighted by Gasteiger charge is -2.36. The molecule has 0 bridgehead atoms. The zero-order valence-electron chi connectivity index (χ0n) is 61.1. The van der Waals surface area contributed by atoms with E-state index in [9.17, 15) is 24.0 Å². The summed E-state index contributed by atoms with van der Waals surface area (Å²) in [5.41, 5.74) is 39.9. The van der Waals surface area contributed by atoms with Gasteiger partial charge in [0.15, 0.2) is 6.23 Å². The normalized spacial score (nSPS) is 12.1. The number of carbonyl (C=O) groups is 5. The van der Waals surface area contributed by atoms with Gasteiger partial charge in [0.1, 0.15) is 17.2 Å². The van der Waals surface area contributed by atoms with Gasteiger partial charge in [-0.2, -0.15) is 0 Å². The van der Waals surface area contributed by atoms with Gasteiger partial charge in [-0.25, -0.2) is 9.59 Å². The number of alkyl carbamates (subject to hydrolysis) is 2. The number of hydrogen-bond acceptors (Lipinski definition) is 15. The molecule has 0 saturated carbocycles. The lowest BCUT2D eigenvalue weighted by Crippen LogP contribution is -2.48. The smallest absolute Gasteiger partial charge is 0.410 e. The molecule has 0 fully saturated rings. The van der Waals surface area contributed by atoms with Crippen LogP contribution < -0.4 is 49.9 Å². The molecule has 19 heteroatoms. The van der Waals surface area contributed by atoms with E-state index in [1.54, 1.807) is 72.0 Å². The van der Waals surface area contributed by atoms with Gasteiger partial charge in [0.05, 0.1) is 15.5 Å². The van der Waals surface area contributed by atoms with Crippen molar-refractivity contribution in [2.75, 3.05) is 45.1 Å². The number of rotatable bonds is 21. The molecule has 0 saturated heterocycles. The molecule has 14 N–H and O–H groups in total. The lowest BCUT2D eigenvalue weighted by atomic mass is 9.84. The molecule has 12 aromatic rings. The summed E-state index contributed by atoms with van der Waals surface area (Å²) in [5, 5.41) is 16.9. The van der Waals surface area contributed by atoms with Crippen LogP contribution in [0.3, 0.4) is 0 Å². The minimum atomic E-state index is -0.929. The summed E-state index contributed by atoms with van der Waals surface area (Å²) in [7, 11) is 0. The second-order valence-corrected chi connectivity index (χ2v) is 29.5. The van der Waals surface area contributed by atoms with E-state index in [2.05, 4.69) is 135 Å². The highest BCUT2D eigenvalue weighted by Crippen LogP contribution is 2.50. The van der Waals surface area contributed by atoms with E-state index in [1.807, 2.05) is 182 Å². The van der Waals surface area contributed by atoms with E-state index >= 15 is 0 Å². The number of nitrogens with two attached hydrogens (primary N) is 5. The SMILES string of the molecule is CC(C)(C)OC(=O)N[C@@H](CSC(c1ccccc1)(c1ccccc1)c1ccccc1)C(=O)Nc1cccc2c(N)cccc12.CC[C@H](NC(=O)OC(C)(C)C)OC=O.Nc1cccc2c(N)cccc12.Nc1cccc2c(NC(=O)[C@@H](N)CSC(c3ccccc3)(c3ccccc3)c3ccccc3)cccc12. The molecule has 0 radical (unpaired) electrons. The highest BCUT2D eigenvalue weighted by molar-refractivity contribution is 8.01. The number of carbonyl (C=O) groups excluding carboxylic acids is 5. The molecule has 0 aromatic heterocycles. The molecule has 550 valence electrons. The quantitative estimate of drug-likeness (QED) is 0.0106. The van der Waals surface area contributed by atoms with Crippen LogP contribution in [-0.4, -0.2) is 71.5 Å². The van der Waals surface area contributed by atoms with Crippen molar-refractivity contribution >= 4 is 120 Å². The molecular formula is C88H93N9O8S2. The van der Waals surface area contributed by atoms with E-state index < -0.39 is 51.2 Å². The first-order chi connectivity index (χ1) is 51.4. The number of thioether (sulfide) groups is 2. The minimum Gasteiger partial charge on any atom is -0.444 e. The van der Waals surface area contributed by atoms with Crippen LogP contribution in [0.2, 0.25) is 0 Å². The van der Waals surface area contributed by atoms with E-state index in [0.717, 1.165) is 77.1 Å². The Morgan fingerprint density at radius 1 is 0.374 bits per heavy atom. The van der Waals surface area contributed by atoms with Gasteiger partial charge in [-0.15, -0.1) is 23.5 Å². The Morgan fingerprint density at radius 3 is 0.963 bits per heavy atom. The molecule has 12 rings (SSSR count). The maximum atomic E-state index is 14.0. The summed E-state index contributed by atoms with van der Waals surface area (Å²) in [4.78, 5) is 61.6. The Hall–Kier alpha value is -11.8. The number of nitrogen functional groups attached to an aromatic ring is 4. The lowest BCUT2D eigenvalue weighted by molar-refractivity contribution is -0.135. The van der Waals surface area contributed by atoms with Gasteiger partial charge < -0.3 is 58.8 Å². The number of ether oxygens (including phenoxy) is 3. The predicted octanol–water partition coefficient (Wildman–Crippen LogP) is 17.8. The van der Waals surface area contributed by atoms with E-state index in [0.29, 0.717) is 41.4 Å². The maximum absolute atomic E-state index is 14.0. The van der Waals surface area contributed by atoms with Crippen molar-refractivity contribution in [2.24, 2.45) is 5.73 Å². The third kappa shape index (κ3) is 21.0. The van der Waals surface area contributed by atoms with E-state index in [1.165, 1.54) is 0 Å². The summed E-state index contributed by atoms with van der Waals surface area (Å²) in [6, 6.07) is 94.4. The van der Waals surface area contributed by atoms with Crippen molar-refractivity contribution in [3.63, 3.8) is 0 Å². The zero-order chi connectivity index (χ0) is 76.6. The Kier molecular flexibility index (Phi) is 27.6. The van der Waals surface area contributed by atoms with Crippen LogP contribution in [0.15, 0.2) is 291 Å². The third-order valence-corrected chi connectivity index (χ3v) is 20.4. The Balaban J connectivity index is 0.000000187. The molecule has 0 spiro atoms. The largest absolute Gasteiger partial charge is 0.444 e. The van der Waals surface area contributed by atoms with Gasteiger partial charge in [-0.3, -0.25) is 19.7 Å². The maximum Gasteiger partial charge on any atom is 0.410 e. The molecular weight excluding hydrogens is 1380 g/mol. The van der Waals surface area contributed by atoms with Crippen LogP contribution in [0.4, 0.5) is 43.7 Å². The van der Waals surface area contributed by atoms with Crippen LogP contribution in [0.1, 0.15) is 88.3 Å². The number of fused-ring (bicyclic) bond motifs is 3. The summed E-state index contributed by atoms with van der Waals surface area (Å²) >= 11 is 3.27. The molecule has 0 aliphatic rings. The number of benzene rings is 12. The molecule has 0 heterocycles. The van der Waals surface area contributed by atoms with Crippen LogP contribution in [0, 0.1) is 0 Å². The minimum absolute atomic E-state index is 0.231. The van der Waals surface area contributed by atoms with Crippen molar-refractivity contribution < 1.29 is 38.2 Å². The van der Waals surface area contributed by atoms with Crippen molar-refractivity contribution in [3.05, 3.63) is 325 Å². The van der Waals surface area contributed by atoms with Gasteiger partial charge in [0.25, 0.3) is 6.47 Å². The first-order valence-corrected chi connectivity index (χ1v) is 37.0. The molecule has 12 aromatic carbocycles. The van der Waals surface area contributed by atoms with Crippen molar-refractivity contribution in [1.29, 1.82) is 0 Å². The molecule has 0 aliphatic carbocycles. The van der Waals surface area contributed by atoms with Crippen LogP contribution in [0.5, 0.6) is 0 Å². The van der Waals surface area contributed by atoms with Gasteiger partial charge >= 0.3 is 12.2 Å². The first kappa shape index (κ1) is 79.3. The van der Waals surface area contributed by atoms with Crippen molar-refractivity contribution in [1.82, 2.24) is 10.6 Å². The number of anilines is 6. The Bertz CT molecular complexity index is 4670. The topological polar surface area (TPSA) is 291 Å². The van der Waals surface area contributed by atoms with Gasteiger partial charge in [0, 0.05) is 84.4 Å². The molecule has 3 atom stereocenters. The van der Waals surface area contributed by atoms with Gasteiger partial charge in [0.2, 0.25) is 11.8 Å². The number of hydrogen-bond donors (Lipinski definition) is 9. The number of nitrogens with one attached hydrogen (secondary N) is 4. The highest BCUT2D eigenvalue weighted by Gasteiger charge is 2.40. The second kappa shape index (κ2) is 37.3. The third-order valence-electron chi connectivity index (χ3n) is 17.1. The standard InChI is InChI=1S/C37H37N3O3S.C32H29N3OS.C10H10N2.C9H17NO4/c1-36(2,3)43-35(42)40-33(34(41)39-32-24-14-21-29-30(32)22-13-23-31(29)38)25-44-37(26-15-7-4-8-16-26,27-17-9-5-10-18-27)28-19-11-6-12-20-28;33-28-20-10-19-27-26(28)18-11-21-30(27)35-31(36)29(34)22-37-32(23-12-4-1-5-13-23,24-14-6-2-7-15-24)25-16-8-3-9-17-25;11-9-5-1-3-7-8(9)4-2-6-10(7)12;1-5-7(13-6-11)10-8(12)14-9(2,3)4/h4-24,33H,25,38H2,1-3H3,(H,39,41)(H,40,42);1-21,29H,22,33-34H2,(H,35,36);1-6H,11-12H2;6-7H,5H2,1-4H3,(H,10,12)/t33-;29-;;7-/m00.1/s1. The van der Waals surface area contributed by atoms with Crippen molar-refractivity contribution in [3.8, 4) is 0 Å².